The molecule has 1 atom stereocenters. The number of amides is 1. The number of carbonyl (C=O) groups is 1. The number of aromatic nitrogens is 1. The lowest BCUT2D eigenvalue weighted by molar-refractivity contribution is -0.384. The number of nitrogens with one attached hydrogen (secondary N) is 1. The molecule has 20 heavy (non-hydrogen) atoms. The van der Waals surface area contributed by atoms with Crippen molar-refractivity contribution in [2.75, 3.05) is 0 Å². The van der Waals surface area contributed by atoms with E-state index in [4.69, 9.17) is 0 Å². The summed E-state index contributed by atoms with van der Waals surface area (Å²) in [5.41, 5.74) is -0.739. The fraction of sp³-hybridized carbons (Fsp3) is 0.615. The molecular weight excluding hydrogens is 262 g/mol. The molecule has 1 amide bonds. The first-order valence-corrected chi connectivity index (χ1v) is 6.43. The van der Waals surface area contributed by atoms with Gasteiger partial charge in [-0.3, -0.25) is 14.9 Å². The van der Waals surface area contributed by atoms with Crippen LogP contribution in [0.15, 0.2) is 12.3 Å². The van der Waals surface area contributed by atoms with E-state index >= 15 is 0 Å². The Balaban J connectivity index is 3.12. The number of nitro groups is 1. The zero-order valence-corrected chi connectivity index (χ0v) is 12.4. The monoisotopic (exact) mass is 283 g/mol. The van der Waals surface area contributed by atoms with E-state index in [2.05, 4.69) is 5.32 Å². The molecule has 1 heterocycles. The summed E-state index contributed by atoms with van der Waals surface area (Å²) in [7, 11) is 0. The van der Waals surface area contributed by atoms with Gasteiger partial charge in [0.2, 0.25) is 0 Å². The van der Waals surface area contributed by atoms with Gasteiger partial charge in [-0.25, -0.2) is 0 Å². The summed E-state index contributed by atoms with van der Waals surface area (Å²) in [6.45, 7) is 8.62. The average Bonchev–Trinajstić information content (AvgIpc) is 2.72. The van der Waals surface area contributed by atoms with Crippen molar-refractivity contribution in [3.63, 3.8) is 0 Å². The highest BCUT2D eigenvalue weighted by Gasteiger charge is 2.29. The molecule has 0 bridgehead atoms. The number of rotatable bonds is 5. The number of hydrogen-bond donors (Lipinski definition) is 2. The second-order valence-corrected chi connectivity index (χ2v) is 5.69. The molecule has 0 aliphatic carbocycles. The highest BCUT2D eigenvalue weighted by Crippen LogP contribution is 2.21. The van der Waals surface area contributed by atoms with Crippen LogP contribution in [-0.4, -0.2) is 32.1 Å². The Bertz CT molecular complexity index is 518. The van der Waals surface area contributed by atoms with Crippen LogP contribution >= 0.6 is 0 Å². The highest BCUT2D eigenvalue weighted by atomic mass is 16.6. The van der Waals surface area contributed by atoms with Crippen LogP contribution in [0.2, 0.25) is 0 Å². The summed E-state index contributed by atoms with van der Waals surface area (Å²) in [6.07, 6.45) is 0.596. The van der Waals surface area contributed by atoms with Crippen LogP contribution < -0.4 is 5.32 Å². The van der Waals surface area contributed by atoms with Crippen LogP contribution in [0, 0.1) is 10.1 Å². The molecule has 0 aromatic carbocycles. The lowest BCUT2D eigenvalue weighted by atomic mass is 9.98. The van der Waals surface area contributed by atoms with Crippen LogP contribution in [0.3, 0.4) is 0 Å². The molecule has 0 spiro atoms. The van der Waals surface area contributed by atoms with Crippen LogP contribution in [0.25, 0.3) is 0 Å². The zero-order chi connectivity index (χ0) is 15.7. The number of aliphatic hydroxyl groups excluding tert-OH is 1. The normalized spacial score (nSPS) is 13.3. The van der Waals surface area contributed by atoms with E-state index in [-0.39, 0.29) is 17.4 Å². The van der Waals surface area contributed by atoms with Gasteiger partial charge in [-0.2, -0.15) is 0 Å². The molecule has 1 rings (SSSR count). The molecule has 0 fully saturated rings. The molecule has 7 nitrogen and oxygen atoms in total. The largest absolute Gasteiger partial charge is 0.391 e. The maximum absolute atomic E-state index is 12.3. The Morgan fingerprint density at radius 3 is 2.40 bits per heavy atom. The molecule has 0 aliphatic heterocycles. The topological polar surface area (TPSA) is 97.4 Å². The Morgan fingerprint density at radius 1 is 1.45 bits per heavy atom. The second-order valence-electron chi connectivity index (χ2n) is 5.69. The minimum atomic E-state index is -0.821. The Hall–Kier alpha value is -1.89. The van der Waals surface area contributed by atoms with Gasteiger partial charge < -0.3 is 15.0 Å². The number of carbonyl (C=O) groups excluding carboxylic acids is 1. The van der Waals surface area contributed by atoms with Crippen LogP contribution in [-0.2, 0) is 0 Å². The van der Waals surface area contributed by atoms with Gasteiger partial charge in [-0.1, -0.05) is 0 Å². The van der Waals surface area contributed by atoms with Gasteiger partial charge in [0.05, 0.1) is 22.8 Å². The summed E-state index contributed by atoms with van der Waals surface area (Å²) in [5, 5.41) is 23.1. The minimum Gasteiger partial charge on any atom is -0.391 e. The van der Waals surface area contributed by atoms with Crippen molar-refractivity contribution in [1.29, 1.82) is 0 Å². The standard InChI is InChI=1S/C13H21N3O4/c1-8(2)15-7-10(16(19)20)6-11(15)12(18)14-13(4,5)9(3)17/h6-9,17H,1-5H3,(H,14,18). The van der Waals surface area contributed by atoms with Crippen molar-refractivity contribution in [3.05, 3.63) is 28.1 Å². The molecule has 0 aliphatic rings. The number of aliphatic hydroxyl groups is 1. The lowest BCUT2D eigenvalue weighted by Crippen LogP contribution is -2.51. The van der Waals surface area contributed by atoms with E-state index in [1.54, 1.807) is 25.3 Å². The molecule has 112 valence electrons. The fourth-order valence-corrected chi connectivity index (χ4v) is 1.63. The van der Waals surface area contributed by atoms with Gasteiger partial charge in [0.15, 0.2) is 0 Å². The molecule has 0 saturated carbocycles. The molecule has 0 radical (unpaired) electrons. The van der Waals surface area contributed by atoms with E-state index in [1.807, 2.05) is 13.8 Å². The van der Waals surface area contributed by atoms with E-state index in [1.165, 1.54) is 12.3 Å². The van der Waals surface area contributed by atoms with Gasteiger partial charge in [0.1, 0.15) is 5.69 Å². The maximum atomic E-state index is 12.3. The Morgan fingerprint density at radius 2 is 2.00 bits per heavy atom. The molecule has 2 N–H and O–H groups in total. The molecule has 7 heteroatoms. The molecular formula is C13H21N3O4. The van der Waals surface area contributed by atoms with Crippen LogP contribution in [0.4, 0.5) is 5.69 Å². The van der Waals surface area contributed by atoms with E-state index in [9.17, 15) is 20.0 Å². The Labute approximate surface area is 117 Å². The first-order valence-electron chi connectivity index (χ1n) is 6.43. The second kappa shape index (κ2) is 5.62. The third kappa shape index (κ3) is 3.36. The molecule has 1 aromatic rings. The van der Waals surface area contributed by atoms with Crippen molar-refractivity contribution in [1.82, 2.24) is 9.88 Å². The molecule has 0 saturated heterocycles. The van der Waals surface area contributed by atoms with E-state index < -0.39 is 22.5 Å². The zero-order valence-electron chi connectivity index (χ0n) is 12.4. The van der Waals surface area contributed by atoms with Crippen molar-refractivity contribution in [2.45, 2.75) is 52.3 Å². The lowest BCUT2D eigenvalue weighted by Gasteiger charge is -2.29. The van der Waals surface area contributed by atoms with Gasteiger partial charge in [0.25, 0.3) is 11.6 Å². The summed E-state index contributed by atoms with van der Waals surface area (Å²) in [6, 6.07) is 1.16. The summed E-state index contributed by atoms with van der Waals surface area (Å²) < 4.78 is 1.55. The first-order chi connectivity index (χ1) is 9.06. The third-order valence-corrected chi connectivity index (χ3v) is 3.31. The SMILES string of the molecule is CC(C)n1cc([N+](=O)[O-])cc1C(=O)NC(C)(C)C(C)O. The van der Waals surface area contributed by atoms with Crippen molar-refractivity contribution in [2.24, 2.45) is 0 Å². The van der Waals surface area contributed by atoms with Crippen molar-refractivity contribution < 1.29 is 14.8 Å². The predicted molar refractivity (Wildman–Crippen MR) is 74.7 cm³/mol. The van der Waals surface area contributed by atoms with E-state index in [0.717, 1.165) is 0 Å². The third-order valence-electron chi connectivity index (χ3n) is 3.31. The van der Waals surface area contributed by atoms with Crippen molar-refractivity contribution in [3.8, 4) is 0 Å². The fourth-order valence-electron chi connectivity index (χ4n) is 1.63. The van der Waals surface area contributed by atoms with Crippen LogP contribution in [0.5, 0.6) is 0 Å². The quantitative estimate of drug-likeness (QED) is 0.636. The van der Waals surface area contributed by atoms with Gasteiger partial charge in [0, 0.05) is 12.1 Å². The average molecular weight is 283 g/mol. The summed E-state index contributed by atoms with van der Waals surface area (Å²) in [5.74, 6) is -0.447. The van der Waals surface area contributed by atoms with E-state index in [0.29, 0.717) is 0 Å². The maximum Gasteiger partial charge on any atom is 0.287 e. The summed E-state index contributed by atoms with van der Waals surface area (Å²) >= 11 is 0. The highest BCUT2D eigenvalue weighted by molar-refractivity contribution is 5.94. The number of hydrogen-bond acceptors (Lipinski definition) is 4. The van der Waals surface area contributed by atoms with Crippen molar-refractivity contribution >= 4 is 11.6 Å². The van der Waals surface area contributed by atoms with Gasteiger partial charge in [-0.15, -0.1) is 0 Å². The van der Waals surface area contributed by atoms with Gasteiger partial charge in [-0.05, 0) is 34.6 Å². The Kier molecular flexibility index (Phi) is 4.54. The molecule has 1 unspecified atom stereocenters. The molecule has 1 aromatic heterocycles. The predicted octanol–water partition coefficient (Wildman–Crippen LogP) is 1.87. The minimum absolute atomic E-state index is 0.0842. The summed E-state index contributed by atoms with van der Waals surface area (Å²) in [4.78, 5) is 22.6. The number of nitrogens with zero attached hydrogens (tertiary/aromatic N) is 2. The first kappa shape index (κ1) is 16.2. The van der Waals surface area contributed by atoms with Crippen LogP contribution in [0.1, 0.15) is 51.1 Å². The smallest absolute Gasteiger partial charge is 0.287 e. The van der Waals surface area contributed by atoms with Gasteiger partial charge >= 0.3 is 0 Å².